The first-order chi connectivity index (χ1) is 13.6. The second-order valence-electron chi connectivity index (χ2n) is 6.57. The Morgan fingerprint density at radius 1 is 1.11 bits per heavy atom. The number of amides is 2. The minimum atomic E-state index is -0.360. The Hall–Kier alpha value is -2.13. The summed E-state index contributed by atoms with van der Waals surface area (Å²) in [6, 6.07) is 11.2. The summed E-state index contributed by atoms with van der Waals surface area (Å²) in [5.74, 6) is -0.0576. The molecule has 2 fully saturated rings. The van der Waals surface area contributed by atoms with Gasteiger partial charge in [0.25, 0.3) is 5.91 Å². The molecule has 1 aromatic carbocycles. The normalized spacial score (nSPS) is 20.0. The van der Waals surface area contributed by atoms with Crippen molar-refractivity contribution in [3.05, 3.63) is 45.6 Å². The third kappa shape index (κ3) is 4.30. The molecule has 2 saturated heterocycles. The van der Waals surface area contributed by atoms with E-state index in [-0.39, 0.29) is 24.7 Å². The molecule has 1 N–H and O–H groups in total. The van der Waals surface area contributed by atoms with Crippen molar-refractivity contribution in [2.24, 2.45) is 0 Å². The molecule has 3 heterocycles. The molecule has 2 aliphatic heterocycles. The second-order valence-corrected chi connectivity index (χ2v) is 8.37. The lowest BCUT2D eigenvalue weighted by Gasteiger charge is -2.27. The van der Waals surface area contributed by atoms with Crippen LogP contribution in [0.1, 0.15) is 4.88 Å². The van der Waals surface area contributed by atoms with Gasteiger partial charge in [0.2, 0.25) is 0 Å². The van der Waals surface area contributed by atoms with Crippen molar-refractivity contribution in [1.82, 2.24) is 5.32 Å². The molecule has 2 amide bonds. The molecule has 7 nitrogen and oxygen atoms in total. The number of anilines is 2. The monoisotopic (exact) mass is 421 g/mol. The Labute approximate surface area is 171 Å². The molecule has 2 aliphatic rings. The van der Waals surface area contributed by atoms with Crippen LogP contribution in [0.2, 0.25) is 4.34 Å². The van der Waals surface area contributed by atoms with E-state index in [2.05, 4.69) is 5.32 Å². The molecule has 0 aliphatic carbocycles. The number of cyclic esters (lactones) is 1. The number of rotatable bonds is 6. The van der Waals surface area contributed by atoms with Gasteiger partial charge in [-0.2, -0.15) is 0 Å². The van der Waals surface area contributed by atoms with Crippen LogP contribution in [-0.2, 0) is 20.8 Å². The lowest BCUT2D eigenvalue weighted by atomic mass is 10.2. The van der Waals surface area contributed by atoms with Gasteiger partial charge in [-0.15, -0.1) is 11.3 Å². The second kappa shape index (κ2) is 8.48. The number of nitrogens with zero attached hydrogens (tertiary/aromatic N) is 2. The van der Waals surface area contributed by atoms with Crippen LogP contribution in [-0.4, -0.2) is 51.0 Å². The van der Waals surface area contributed by atoms with E-state index in [1.54, 1.807) is 9.80 Å². The van der Waals surface area contributed by atoms with Gasteiger partial charge in [0, 0.05) is 35.9 Å². The van der Waals surface area contributed by atoms with Crippen LogP contribution >= 0.6 is 22.9 Å². The fraction of sp³-hybridized carbons (Fsp3) is 0.368. The molecule has 0 saturated carbocycles. The van der Waals surface area contributed by atoms with Gasteiger partial charge in [-0.3, -0.25) is 9.69 Å². The van der Waals surface area contributed by atoms with Crippen LogP contribution < -0.4 is 15.1 Å². The number of nitrogens with one attached hydrogen (secondary N) is 1. The van der Waals surface area contributed by atoms with E-state index >= 15 is 0 Å². The summed E-state index contributed by atoms with van der Waals surface area (Å²) in [7, 11) is 0. The molecular formula is C19H20ClN3O4S. The van der Waals surface area contributed by atoms with E-state index in [0.29, 0.717) is 32.8 Å². The Bertz CT molecular complexity index is 857. The molecule has 1 atom stereocenters. The molecule has 1 unspecified atom stereocenters. The minimum Gasteiger partial charge on any atom is -0.443 e. The van der Waals surface area contributed by atoms with Crippen LogP contribution in [0.4, 0.5) is 16.2 Å². The maximum absolute atomic E-state index is 12.2. The third-order valence-electron chi connectivity index (χ3n) is 4.63. The standard InChI is InChI=1S/C19H20ClN3O4S/c20-17-6-5-16(28-17)10-21-9-15-11-23(19(25)27-15)14-3-1-13(2-4-14)22-7-8-26-12-18(22)24/h1-6,15,21H,7-12H2. The molecule has 0 bridgehead atoms. The van der Waals surface area contributed by atoms with Gasteiger partial charge in [0.1, 0.15) is 12.7 Å². The van der Waals surface area contributed by atoms with Crippen molar-refractivity contribution < 1.29 is 19.1 Å². The minimum absolute atomic E-state index is 0.0576. The molecule has 1 aromatic heterocycles. The maximum Gasteiger partial charge on any atom is 0.414 e. The quantitative estimate of drug-likeness (QED) is 0.776. The predicted octanol–water partition coefficient (Wildman–Crippen LogP) is 2.88. The number of hydrogen-bond donors (Lipinski definition) is 1. The van der Waals surface area contributed by atoms with Gasteiger partial charge in [0.15, 0.2) is 0 Å². The average Bonchev–Trinajstić information content (AvgIpc) is 3.28. The van der Waals surface area contributed by atoms with Crippen molar-refractivity contribution in [3.8, 4) is 0 Å². The van der Waals surface area contributed by atoms with Gasteiger partial charge >= 0.3 is 6.09 Å². The fourth-order valence-electron chi connectivity index (χ4n) is 3.25. The van der Waals surface area contributed by atoms with Crippen LogP contribution in [0.25, 0.3) is 0 Å². The lowest BCUT2D eigenvalue weighted by molar-refractivity contribution is -0.125. The van der Waals surface area contributed by atoms with Crippen molar-refractivity contribution in [3.63, 3.8) is 0 Å². The first-order valence-electron chi connectivity index (χ1n) is 9.01. The largest absolute Gasteiger partial charge is 0.443 e. The number of carbonyl (C=O) groups excluding carboxylic acids is 2. The van der Waals surface area contributed by atoms with E-state index in [1.165, 1.54) is 11.3 Å². The van der Waals surface area contributed by atoms with Crippen molar-refractivity contribution in [1.29, 1.82) is 0 Å². The highest BCUT2D eigenvalue weighted by atomic mass is 35.5. The van der Waals surface area contributed by atoms with Gasteiger partial charge in [-0.05, 0) is 36.4 Å². The number of morpholine rings is 1. The highest BCUT2D eigenvalue weighted by Crippen LogP contribution is 2.26. The highest BCUT2D eigenvalue weighted by Gasteiger charge is 2.32. The summed E-state index contributed by atoms with van der Waals surface area (Å²) in [5, 5.41) is 3.30. The van der Waals surface area contributed by atoms with Crippen LogP contribution in [0.3, 0.4) is 0 Å². The van der Waals surface area contributed by atoms with Crippen LogP contribution in [0.15, 0.2) is 36.4 Å². The summed E-state index contributed by atoms with van der Waals surface area (Å²) >= 11 is 7.46. The van der Waals surface area contributed by atoms with Gasteiger partial charge in [-0.25, -0.2) is 4.79 Å². The van der Waals surface area contributed by atoms with Crippen LogP contribution in [0.5, 0.6) is 0 Å². The zero-order chi connectivity index (χ0) is 19.5. The SMILES string of the molecule is O=C1COCCN1c1ccc(N2CC(CNCc3ccc(Cl)s3)OC2=O)cc1. The van der Waals surface area contributed by atoms with E-state index in [0.717, 1.165) is 20.6 Å². The molecule has 0 spiro atoms. The number of thiophene rings is 1. The molecule has 4 rings (SSSR count). The number of carbonyl (C=O) groups is 2. The molecule has 148 valence electrons. The van der Waals surface area contributed by atoms with E-state index < -0.39 is 0 Å². The fourth-order valence-corrected chi connectivity index (χ4v) is 4.30. The molecular weight excluding hydrogens is 402 g/mol. The Morgan fingerprint density at radius 2 is 1.86 bits per heavy atom. The average molecular weight is 422 g/mol. The summed E-state index contributed by atoms with van der Waals surface area (Å²) in [4.78, 5) is 28.6. The number of halogens is 1. The topological polar surface area (TPSA) is 71.1 Å². The predicted molar refractivity (Wildman–Crippen MR) is 108 cm³/mol. The summed E-state index contributed by atoms with van der Waals surface area (Å²) in [5.41, 5.74) is 1.56. The van der Waals surface area contributed by atoms with Crippen molar-refractivity contribution >= 4 is 46.3 Å². The van der Waals surface area contributed by atoms with Crippen LogP contribution in [0, 0.1) is 0 Å². The maximum atomic E-state index is 12.2. The number of hydrogen-bond acceptors (Lipinski definition) is 6. The summed E-state index contributed by atoms with van der Waals surface area (Å²) in [6.07, 6.45) is -0.579. The first-order valence-corrected chi connectivity index (χ1v) is 10.2. The Kier molecular flexibility index (Phi) is 5.82. The summed E-state index contributed by atoms with van der Waals surface area (Å²) < 4.78 is 11.4. The Balaban J connectivity index is 1.32. The van der Waals surface area contributed by atoms with E-state index in [9.17, 15) is 9.59 Å². The smallest absolute Gasteiger partial charge is 0.414 e. The van der Waals surface area contributed by atoms with Gasteiger partial charge in [-0.1, -0.05) is 11.6 Å². The van der Waals surface area contributed by atoms with Gasteiger partial charge in [0.05, 0.1) is 17.5 Å². The molecule has 2 aromatic rings. The third-order valence-corrected chi connectivity index (χ3v) is 5.86. The van der Waals surface area contributed by atoms with Gasteiger partial charge < -0.3 is 19.7 Å². The molecule has 28 heavy (non-hydrogen) atoms. The van der Waals surface area contributed by atoms with E-state index in [4.69, 9.17) is 21.1 Å². The first kappa shape index (κ1) is 19.2. The zero-order valence-corrected chi connectivity index (χ0v) is 16.7. The number of benzene rings is 1. The molecule has 9 heteroatoms. The molecule has 0 radical (unpaired) electrons. The van der Waals surface area contributed by atoms with E-state index in [1.807, 2.05) is 36.4 Å². The van der Waals surface area contributed by atoms with Crippen molar-refractivity contribution in [2.45, 2.75) is 12.6 Å². The lowest BCUT2D eigenvalue weighted by Crippen LogP contribution is -2.41. The summed E-state index contributed by atoms with van der Waals surface area (Å²) in [6.45, 7) is 2.90. The number of ether oxygens (including phenoxy) is 2. The van der Waals surface area contributed by atoms with Crippen molar-refractivity contribution in [2.75, 3.05) is 42.6 Å². The Morgan fingerprint density at radius 3 is 2.54 bits per heavy atom. The zero-order valence-electron chi connectivity index (χ0n) is 15.1. The highest BCUT2D eigenvalue weighted by molar-refractivity contribution is 7.16.